The summed E-state index contributed by atoms with van der Waals surface area (Å²) in [6, 6.07) is 7.43. The van der Waals surface area contributed by atoms with Crippen LogP contribution in [-0.2, 0) is 29.8 Å². The molecule has 0 amide bonds. The minimum Gasteiger partial charge on any atom is -0.294 e. The largest absolute Gasteiger partial charge is 0.294 e. The van der Waals surface area contributed by atoms with E-state index in [0.717, 1.165) is 17.5 Å². The van der Waals surface area contributed by atoms with Gasteiger partial charge in [-0.15, -0.1) is 0 Å². The fourth-order valence-electron chi connectivity index (χ4n) is 9.35. The number of ketones is 2. The molecular weight excluding hydrogens is 564 g/mol. The van der Waals surface area contributed by atoms with Gasteiger partial charge in [-0.1, -0.05) is 58.4 Å². The number of Topliss-reactive ketones (excluding diaryl/α,β-unsaturated/α-hetero) is 2. The third-order valence-electron chi connectivity index (χ3n) is 10.5. The fraction of sp³-hybridized carbons (Fsp3) is 0.613. The number of hydrogen-bond acceptors (Lipinski definition) is 6. The van der Waals surface area contributed by atoms with Gasteiger partial charge in [-0.25, -0.2) is 0 Å². The average Bonchev–Trinajstić information content (AvgIpc) is 3.12. The van der Waals surface area contributed by atoms with E-state index in [4.69, 9.17) is 0 Å². The summed E-state index contributed by atoms with van der Waals surface area (Å²) in [5, 5.41) is 0. The van der Waals surface area contributed by atoms with Gasteiger partial charge in [0.1, 0.15) is 0 Å². The van der Waals surface area contributed by atoms with E-state index in [9.17, 15) is 35.5 Å². The molecule has 8 unspecified atom stereocenters. The van der Waals surface area contributed by atoms with Gasteiger partial charge in [0.15, 0.2) is 11.6 Å². The first-order valence-electron chi connectivity index (χ1n) is 14.6. The molecule has 4 aliphatic carbocycles. The molecule has 2 N–H and O–H groups in total. The molecule has 0 heterocycles. The SMILES string of the molecule is CCCC1(CS(=O)(=O)O)C(=O)/C(=C\c2ccc(/C=C3\C(=O)C4(CS(=O)(=O)O)CC(C)C4C3CC)cc2)C2CC(C)C21. The van der Waals surface area contributed by atoms with Gasteiger partial charge >= 0.3 is 0 Å². The van der Waals surface area contributed by atoms with Crippen LogP contribution < -0.4 is 0 Å². The molecule has 0 spiro atoms. The second-order valence-electron chi connectivity index (χ2n) is 13.1. The number of carbonyl (C=O) groups is 2. The van der Waals surface area contributed by atoms with Crippen LogP contribution in [0.3, 0.4) is 0 Å². The van der Waals surface area contributed by atoms with Gasteiger partial charge < -0.3 is 0 Å². The summed E-state index contributed by atoms with van der Waals surface area (Å²) in [5.74, 6) is -1.43. The van der Waals surface area contributed by atoms with Gasteiger partial charge in [-0.05, 0) is 95.6 Å². The Morgan fingerprint density at radius 1 is 0.829 bits per heavy atom. The van der Waals surface area contributed by atoms with E-state index in [0.29, 0.717) is 36.8 Å². The Morgan fingerprint density at radius 3 is 1.85 bits per heavy atom. The highest BCUT2D eigenvalue weighted by Crippen LogP contribution is 2.65. The molecular formula is C31H40O8S2. The first-order chi connectivity index (χ1) is 19.1. The third kappa shape index (κ3) is 4.98. The summed E-state index contributed by atoms with van der Waals surface area (Å²) in [6.07, 6.45) is 6.64. The summed E-state index contributed by atoms with van der Waals surface area (Å²) in [6.45, 7) is 7.97. The van der Waals surface area contributed by atoms with Crippen LogP contribution >= 0.6 is 0 Å². The molecule has 8 atom stereocenters. The Balaban J connectivity index is 1.45. The molecule has 224 valence electrons. The lowest BCUT2D eigenvalue weighted by atomic mass is 9.54. The Bertz CT molecular complexity index is 1540. The molecule has 4 aliphatic rings. The van der Waals surface area contributed by atoms with Crippen molar-refractivity contribution in [2.75, 3.05) is 11.5 Å². The van der Waals surface area contributed by atoms with Crippen molar-refractivity contribution in [1.29, 1.82) is 0 Å². The normalized spacial score (nSPS) is 38.6. The van der Waals surface area contributed by atoms with Crippen LogP contribution in [0.4, 0.5) is 0 Å². The molecule has 1 aromatic carbocycles. The molecule has 8 nitrogen and oxygen atoms in total. The lowest BCUT2D eigenvalue weighted by molar-refractivity contribution is -0.133. The van der Waals surface area contributed by atoms with Gasteiger partial charge in [0.25, 0.3) is 20.2 Å². The molecule has 4 saturated carbocycles. The van der Waals surface area contributed by atoms with Gasteiger partial charge in [0, 0.05) is 0 Å². The lowest BCUT2D eigenvalue weighted by Gasteiger charge is -2.49. The van der Waals surface area contributed by atoms with Crippen LogP contribution in [0.5, 0.6) is 0 Å². The molecule has 10 heteroatoms. The highest BCUT2D eigenvalue weighted by molar-refractivity contribution is 7.86. The molecule has 0 radical (unpaired) electrons. The van der Waals surface area contributed by atoms with E-state index in [-0.39, 0.29) is 47.1 Å². The van der Waals surface area contributed by atoms with Gasteiger partial charge in [0.05, 0.1) is 22.3 Å². The fourth-order valence-corrected chi connectivity index (χ4v) is 11.6. The number of rotatable bonds is 9. The van der Waals surface area contributed by atoms with E-state index in [1.54, 1.807) is 0 Å². The summed E-state index contributed by atoms with van der Waals surface area (Å²) >= 11 is 0. The summed E-state index contributed by atoms with van der Waals surface area (Å²) in [7, 11) is -8.66. The maximum absolute atomic E-state index is 13.8. The van der Waals surface area contributed by atoms with Crippen LogP contribution in [0.15, 0.2) is 35.4 Å². The monoisotopic (exact) mass is 604 g/mol. The van der Waals surface area contributed by atoms with E-state index in [1.165, 1.54) is 0 Å². The topological polar surface area (TPSA) is 143 Å². The van der Waals surface area contributed by atoms with Gasteiger partial charge in [0.2, 0.25) is 0 Å². The van der Waals surface area contributed by atoms with Crippen molar-refractivity contribution in [3.05, 3.63) is 46.5 Å². The van der Waals surface area contributed by atoms with E-state index in [1.807, 2.05) is 64.1 Å². The Kier molecular flexibility index (Phi) is 7.58. The molecule has 4 fully saturated rings. The zero-order chi connectivity index (χ0) is 30.1. The summed E-state index contributed by atoms with van der Waals surface area (Å²) in [5.41, 5.74) is 0.622. The number of benzene rings is 1. The Hall–Kier alpha value is -2.14. The number of hydrogen-bond donors (Lipinski definition) is 2. The molecule has 0 aromatic heterocycles. The highest BCUT2D eigenvalue weighted by atomic mass is 32.2. The summed E-state index contributed by atoms with van der Waals surface area (Å²) in [4.78, 5) is 27.4. The minimum absolute atomic E-state index is 0.0366. The molecule has 1 aromatic rings. The van der Waals surface area contributed by atoms with E-state index in [2.05, 4.69) is 0 Å². The second-order valence-corrected chi connectivity index (χ2v) is 16.0. The van der Waals surface area contributed by atoms with Crippen molar-refractivity contribution < 1.29 is 35.5 Å². The summed E-state index contributed by atoms with van der Waals surface area (Å²) < 4.78 is 66.9. The van der Waals surface area contributed by atoms with Crippen molar-refractivity contribution >= 4 is 44.0 Å². The van der Waals surface area contributed by atoms with E-state index < -0.39 is 42.6 Å². The van der Waals surface area contributed by atoms with Crippen LogP contribution in [0.25, 0.3) is 12.2 Å². The van der Waals surface area contributed by atoms with Crippen molar-refractivity contribution in [2.45, 2.75) is 59.8 Å². The first kappa shape index (κ1) is 30.3. The predicted octanol–water partition coefficient (Wildman–Crippen LogP) is 5.12. The average molecular weight is 605 g/mol. The van der Waals surface area contributed by atoms with Crippen molar-refractivity contribution in [3.63, 3.8) is 0 Å². The smallest absolute Gasteiger partial charge is 0.265 e. The Morgan fingerprint density at radius 2 is 1.39 bits per heavy atom. The molecule has 5 rings (SSSR count). The number of fused-ring (bicyclic) bond motifs is 2. The zero-order valence-corrected chi connectivity index (χ0v) is 25.7. The molecule has 41 heavy (non-hydrogen) atoms. The van der Waals surface area contributed by atoms with Crippen molar-refractivity contribution in [3.8, 4) is 0 Å². The zero-order valence-electron chi connectivity index (χ0n) is 24.0. The van der Waals surface area contributed by atoms with E-state index >= 15 is 0 Å². The number of carbonyl (C=O) groups excluding carboxylic acids is 2. The molecule has 0 aliphatic heterocycles. The van der Waals surface area contributed by atoms with Crippen LogP contribution in [0.1, 0.15) is 70.9 Å². The number of allylic oxidation sites excluding steroid dienone is 2. The minimum atomic E-state index is -4.34. The third-order valence-corrected chi connectivity index (χ3v) is 12.3. The van der Waals surface area contributed by atoms with Crippen LogP contribution in [0, 0.1) is 46.3 Å². The van der Waals surface area contributed by atoms with Gasteiger partial charge in [-0.2, -0.15) is 16.8 Å². The van der Waals surface area contributed by atoms with Crippen LogP contribution in [-0.4, -0.2) is 49.0 Å². The molecule has 0 bridgehead atoms. The second kappa shape index (κ2) is 10.2. The Labute approximate surface area is 243 Å². The van der Waals surface area contributed by atoms with Gasteiger partial charge in [-0.3, -0.25) is 18.7 Å². The maximum atomic E-state index is 13.8. The standard InChI is InChI=1S/C31H40O8S2/c1-5-11-30(16-40(34,35)36)26-18(3)12-23(26)25(28(30)32)14-21-9-7-20(8-10-21)13-24-22(6-2)27-19(4)15-31(27,29(24)33)17-41(37,38)39/h7-10,13-14,18-19,22-23,26-27H,5-6,11-12,15-17H2,1-4H3,(H,34,35,36)(H,37,38,39)/b24-13-,25-14-. The van der Waals surface area contributed by atoms with Crippen molar-refractivity contribution in [1.82, 2.24) is 0 Å². The molecule has 0 saturated heterocycles. The maximum Gasteiger partial charge on any atom is 0.265 e. The first-order valence-corrected chi connectivity index (χ1v) is 17.8. The lowest BCUT2D eigenvalue weighted by Crippen LogP contribution is -2.52. The quantitative estimate of drug-likeness (QED) is 0.292. The highest BCUT2D eigenvalue weighted by Gasteiger charge is 2.67. The van der Waals surface area contributed by atoms with Crippen molar-refractivity contribution in [2.24, 2.45) is 46.3 Å². The predicted molar refractivity (Wildman–Crippen MR) is 157 cm³/mol. The van der Waals surface area contributed by atoms with Crippen LogP contribution in [0.2, 0.25) is 0 Å².